The number of hydrogen-bond acceptors (Lipinski definition) is 3. The predicted octanol–water partition coefficient (Wildman–Crippen LogP) is 1.48. The normalized spacial score (nSPS) is 21.1. The highest BCUT2D eigenvalue weighted by Crippen LogP contribution is 2.17. The molecule has 2 rings (SSSR count). The molecule has 1 saturated heterocycles. The van der Waals surface area contributed by atoms with Gasteiger partial charge in [0.25, 0.3) is 0 Å². The number of nitrogens with zero attached hydrogens (tertiary/aromatic N) is 1. The molecule has 1 aliphatic heterocycles. The summed E-state index contributed by atoms with van der Waals surface area (Å²) in [5, 5.41) is 0. The second-order valence-corrected chi connectivity index (χ2v) is 6.96. The topological polar surface area (TPSA) is 49.4 Å². The van der Waals surface area contributed by atoms with Gasteiger partial charge in [0.2, 0.25) is 10.0 Å². The van der Waals surface area contributed by atoms with Gasteiger partial charge in [0, 0.05) is 24.7 Å². The Balaban J connectivity index is 2.01. The monoisotopic (exact) mass is 304 g/mol. The lowest BCUT2D eigenvalue weighted by atomic mass is 10.1. The van der Waals surface area contributed by atoms with Crippen LogP contribution in [0.1, 0.15) is 18.4 Å². The minimum Gasteiger partial charge on any atom is -0.297 e. The average Bonchev–Trinajstić information content (AvgIpc) is 2.33. The Hall–Kier alpha value is -1.05. The van der Waals surface area contributed by atoms with Crippen molar-refractivity contribution in [1.29, 1.82) is 0 Å². The number of nitrogens with one attached hydrogen (secondary N) is 1. The molecule has 7 heteroatoms. The molecule has 0 aliphatic carbocycles. The number of halogens is 2. The maximum absolute atomic E-state index is 13.6. The zero-order valence-electron chi connectivity index (χ0n) is 11.3. The van der Waals surface area contributed by atoms with Crippen molar-refractivity contribution in [3.8, 4) is 0 Å². The lowest BCUT2D eigenvalue weighted by Gasteiger charge is -2.32. The van der Waals surface area contributed by atoms with Crippen LogP contribution in [-0.4, -0.2) is 38.7 Å². The number of rotatable bonds is 4. The molecule has 4 nitrogen and oxygen atoms in total. The minimum absolute atomic E-state index is 0.171. The Kier molecular flexibility index (Phi) is 4.72. The summed E-state index contributed by atoms with van der Waals surface area (Å²) < 4.78 is 51.8. The van der Waals surface area contributed by atoms with Crippen LogP contribution in [0.2, 0.25) is 0 Å². The van der Waals surface area contributed by atoms with Gasteiger partial charge < -0.3 is 0 Å². The van der Waals surface area contributed by atoms with Crippen molar-refractivity contribution in [1.82, 2.24) is 9.62 Å². The standard InChI is InChI=1S/C13H18F2N2O2S/c1-20(18,19)16-11-5-3-7-17(9-11)8-10-4-2-6-12(14)13(10)15/h2,4,6,11,16H,3,5,7-9H2,1H3/t11-/m0/s1. The summed E-state index contributed by atoms with van der Waals surface area (Å²) in [4.78, 5) is 1.93. The van der Waals surface area contributed by atoms with Gasteiger partial charge in [-0.2, -0.15) is 0 Å². The van der Waals surface area contributed by atoms with Gasteiger partial charge in [0.1, 0.15) is 0 Å². The number of benzene rings is 1. The van der Waals surface area contributed by atoms with E-state index in [0.29, 0.717) is 12.1 Å². The zero-order valence-corrected chi connectivity index (χ0v) is 12.1. The molecule has 1 atom stereocenters. The van der Waals surface area contributed by atoms with Crippen molar-refractivity contribution in [3.05, 3.63) is 35.4 Å². The first-order valence-electron chi connectivity index (χ1n) is 6.48. The third-order valence-corrected chi connectivity index (χ3v) is 4.07. The van der Waals surface area contributed by atoms with Crippen molar-refractivity contribution >= 4 is 10.0 Å². The lowest BCUT2D eigenvalue weighted by Crippen LogP contribution is -2.47. The van der Waals surface area contributed by atoms with Gasteiger partial charge in [0.15, 0.2) is 11.6 Å². The van der Waals surface area contributed by atoms with E-state index in [2.05, 4.69) is 4.72 Å². The Labute approximate surface area is 117 Å². The van der Waals surface area contributed by atoms with Crippen LogP contribution in [0.5, 0.6) is 0 Å². The second kappa shape index (κ2) is 6.15. The predicted molar refractivity (Wildman–Crippen MR) is 72.6 cm³/mol. The van der Waals surface area contributed by atoms with Gasteiger partial charge in [-0.15, -0.1) is 0 Å². The second-order valence-electron chi connectivity index (χ2n) is 5.18. The maximum atomic E-state index is 13.6. The fourth-order valence-electron chi connectivity index (χ4n) is 2.51. The molecule has 0 spiro atoms. The Morgan fingerprint density at radius 3 is 2.85 bits per heavy atom. The molecule has 112 valence electrons. The van der Waals surface area contributed by atoms with Crippen molar-refractivity contribution in [2.75, 3.05) is 19.3 Å². The van der Waals surface area contributed by atoms with Gasteiger partial charge >= 0.3 is 0 Å². The maximum Gasteiger partial charge on any atom is 0.208 e. The molecule has 0 bridgehead atoms. The van der Waals surface area contributed by atoms with Crippen LogP contribution in [0, 0.1) is 11.6 Å². The largest absolute Gasteiger partial charge is 0.297 e. The molecule has 1 aromatic carbocycles. The fourth-order valence-corrected chi connectivity index (χ4v) is 3.31. The number of likely N-dealkylation sites (tertiary alicyclic amines) is 1. The van der Waals surface area contributed by atoms with Crippen LogP contribution in [0.3, 0.4) is 0 Å². The van der Waals surface area contributed by atoms with Crippen molar-refractivity contribution in [2.45, 2.75) is 25.4 Å². The van der Waals surface area contributed by atoms with Gasteiger partial charge in [-0.05, 0) is 25.5 Å². The molecule has 1 aliphatic rings. The number of sulfonamides is 1. The van der Waals surface area contributed by atoms with E-state index in [-0.39, 0.29) is 12.6 Å². The van der Waals surface area contributed by atoms with Gasteiger partial charge in [-0.1, -0.05) is 12.1 Å². The first kappa shape index (κ1) is 15.3. The molecule has 1 N–H and O–H groups in total. The molecule has 0 aromatic heterocycles. The smallest absolute Gasteiger partial charge is 0.208 e. The molecule has 1 heterocycles. The van der Waals surface area contributed by atoms with E-state index < -0.39 is 21.7 Å². The van der Waals surface area contributed by atoms with E-state index >= 15 is 0 Å². The molecule has 0 radical (unpaired) electrons. The van der Waals surface area contributed by atoms with Crippen LogP contribution in [0.4, 0.5) is 8.78 Å². The molecular formula is C13H18F2N2O2S. The van der Waals surface area contributed by atoms with E-state index in [9.17, 15) is 17.2 Å². The van der Waals surface area contributed by atoms with Crippen LogP contribution in [-0.2, 0) is 16.6 Å². The minimum atomic E-state index is -3.25. The SMILES string of the molecule is CS(=O)(=O)N[C@H]1CCCN(Cc2cccc(F)c2F)C1. The third-order valence-electron chi connectivity index (χ3n) is 3.31. The van der Waals surface area contributed by atoms with E-state index in [0.717, 1.165) is 31.7 Å². The highest BCUT2D eigenvalue weighted by atomic mass is 32.2. The summed E-state index contributed by atoms with van der Waals surface area (Å²) in [6.07, 6.45) is 2.71. The van der Waals surface area contributed by atoms with Crippen LogP contribution >= 0.6 is 0 Å². The summed E-state index contributed by atoms with van der Waals surface area (Å²) in [5.41, 5.74) is 0.296. The van der Waals surface area contributed by atoms with Gasteiger partial charge in [0.05, 0.1) is 6.26 Å². The molecular weight excluding hydrogens is 286 g/mol. The van der Waals surface area contributed by atoms with E-state index in [4.69, 9.17) is 0 Å². The summed E-state index contributed by atoms with van der Waals surface area (Å²) >= 11 is 0. The van der Waals surface area contributed by atoms with Gasteiger partial charge in [-0.3, -0.25) is 4.90 Å². The molecule has 1 aromatic rings. The summed E-state index contributed by atoms with van der Waals surface area (Å²) in [5.74, 6) is -1.68. The van der Waals surface area contributed by atoms with E-state index in [1.165, 1.54) is 6.07 Å². The van der Waals surface area contributed by atoms with Gasteiger partial charge in [-0.25, -0.2) is 21.9 Å². The highest BCUT2D eigenvalue weighted by molar-refractivity contribution is 7.88. The highest BCUT2D eigenvalue weighted by Gasteiger charge is 2.23. The fraction of sp³-hybridized carbons (Fsp3) is 0.538. The molecule has 1 fully saturated rings. The summed E-state index contributed by atoms with van der Waals surface area (Å²) in [6, 6.07) is 3.94. The lowest BCUT2D eigenvalue weighted by molar-refractivity contribution is 0.192. The molecule has 0 unspecified atom stereocenters. The Bertz CT molecular complexity index is 578. The van der Waals surface area contributed by atoms with Crippen LogP contribution in [0.15, 0.2) is 18.2 Å². The van der Waals surface area contributed by atoms with E-state index in [1.807, 2.05) is 4.90 Å². The third kappa shape index (κ3) is 4.22. The van der Waals surface area contributed by atoms with Crippen LogP contribution in [0.25, 0.3) is 0 Å². The zero-order chi connectivity index (χ0) is 14.8. The number of piperidine rings is 1. The average molecular weight is 304 g/mol. The molecule has 0 amide bonds. The van der Waals surface area contributed by atoms with E-state index in [1.54, 1.807) is 6.07 Å². The Morgan fingerprint density at radius 2 is 2.15 bits per heavy atom. The van der Waals surface area contributed by atoms with Crippen LogP contribution < -0.4 is 4.72 Å². The van der Waals surface area contributed by atoms with Crippen molar-refractivity contribution in [3.63, 3.8) is 0 Å². The first-order valence-corrected chi connectivity index (χ1v) is 8.37. The molecule has 20 heavy (non-hydrogen) atoms. The molecule has 0 saturated carbocycles. The summed E-state index contributed by atoms with van der Waals surface area (Å²) in [6.45, 7) is 1.53. The first-order chi connectivity index (χ1) is 9.35. The van der Waals surface area contributed by atoms with Crippen molar-refractivity contribution < 1.29 is 17.2 Å². The summed E-state index contributed by atoms with van der Waals surface area (Å²) in [7, 11) is -3.25. The van der Waals surface area contributed by atoms with Crippen molar-refractivity contribution in [2.24, 2.45) is 0 Å². The number of hydrogen-bond donors (Lipinski definition) is 1. The quantitative estimate of drug-likeness (QED) is 0.916. The Morgan fingerprint density at radius 1 is 1.40 bits per heavy atom.